The van der Waals surface area contributed by atoms with Gasteiger partial charge in [-0.1, -0.05) is 29.9 Å². The molecule has 2 heterocycles. The Morgan fingerprint density at radius 2 is 2.11 bits per heavy atom. The molecule has 2 fully saturated rings. The number of para-hydroxylation sites is 1. The van der Waals surface area contributed by atoms with Crippen LogP contribution < -0.4 is 10.1 Å². The van der Waals surface area contributed by atoms with E-state index in [1.54, 1.807) is 18.2 Å². The summed E-state index contributed by atoms with van der Waals surface area (Å²) in [7, 11) is 0. The van der Waals surface area contributed by atoms with Gasteiger partial charge >= 0.3 is 0 Å². The van der Waals surface area contributed by atoms with Gasteiger partial charge in [-0.05, 0) is 44.4 Å². The molecule has 2 aromatic rings. The molecule has 8 heteroatoms. The molecule has 0 radical (unpaired) electrons. The molecule has 1 N–H and O–H groups in total. The summed E-state index contributed by atoms with van der Waals surface area (Å²) in [6.07, 6.45) is 5.62. The SMILES string of the molecule is O=C(CN1CCC[C@H](COc2ccccc2F)C1)Nc1nnc(C2CCC2)s1. The summed E-state index contributed by atoms with van der Waals surface area (Å²) in [6.45, 7) is 2.44. The van der Waals surface area contributed by atoms with Crippen LogP contribution in [-0.4, -0.2) is 47.2 Å². The number of likely N-dealkylation sites (tertiary alicyclic amines) is 1. The molecule has 0 unspecified atom stereocenters. The molecule has 1 amide bonds. The number of anilines is 1. The van der Waals surface area contributed by atoms with Crippen molar-refractivity contribution in [1.82, 2.24) is 15.1 Å². The smallest absolute Gasteiger partial charge is 0.240 e. The normalized spacial score (nSPS) is 20.5. The molecule has 150 valence electrons. The number of rotatable bonds is 7. The second kappa shape index (κ2) is 8.96. The van der Waals surface area contributed by atoms with E-state index in [0.29, 0.717) is 24.2 Å². The molecule has 28 heavy (non-hydrogen) atoms. The van der Waals surface area contributed by atoms with Gasteiger partial charge in [-0.2, -0.15) is 0 Å². The molecule has 4 rings (SSSR count). The van der Waals surface area contributed by atoms with Crippen molar-refractivity contribution >= 4 is 22.4 Å². The van der Waals surface area contributed by atoms with Crippen LogP contribution in [0.15, 0.2) is 24.3 Å². The Kier molecular flexibility index (Phi) is 6.17. The quantitative estimate of drug-likeness (QED) is 0.763. The van der Waals surface area contributed by atoms with E-state index < -0.39 is 0 Å². The molecule has 1 aliphatic carbocycles. The van der Waals surface area contributed by atoms with Crippen LogP contribution in [0.4, 0.5) is 9.52 Å². The van der Waals surface area contributed by atoms with Crippen LogP contribution in [-0.2, 0) is 4.79 Å². The summed E-state index contributed by atoms with van der Waals surface area (Å²) >= 11 is 1.49. The van der Waals surface area contributed by atoms with E-state index in [1.165, 1.54) is 36.7 Å². The van der Waals surface area contributed by atoms with Crippen LogP contribution in [0.5, 0.6) is 5.75 Å². The van der Waals surface area contributed by atoms with Gasteiger partial charge in [-0.3, -0.25) is 15.0 Å². The van der Waals surface area contributed by atoms with E-state index in [-0.39, 0.29) is 23.4 Å². The summed E-state index contributed by atoms with van der Waals surface area (Å²) in [5.74, 6) is 0.698. The van der Waals surface area contributed by atoms with Crippen molar-refractivity contribution in [3.63, 3.8) is 0 Å². The molecule has 6 nitrogen and oxygen atoms in total. The van der Waals surface area contributed by atoms with Gasteiger partial charge in [0.15, 0.2) is 11.6 Å². The fraction of sp³-hybridized carbons (Fsp3) is 0.550. The minimum absolute atomic E-state index is 0.0630. The molecule has 1 atom stereocenters. The van der Waals surface area contributed by atoms with Crippen molar-refractivity contribution in [2.75, 3.05) is 31.6 Å². The lowest BCUT2D eigenvalue weighted by molar-refractivity contribution is -0.117. The molecule has 0 bridgehead atoms. The Labute approximate surface area is 168 Å². The lowest BCUT2D eigenvalue weighted by Crippen LogP contribution is -2.42. The Balaban J connectivity index is 1.23. The van der Waals surface area contributed by atoms with E-state index in [4.69, 9.17) is 4.74 Å². The summed E-state index contributed by atoms with van der Waals surface area (Å²) < 4.78 is 19.3. The maximum Gasteiger partial charge on any atom is 0.240 e. The third-order valence-corrected chi connectivity index (χ3v) is 6.42. The van der Waals surface area contributed by atoms with Crippen molar-refractivity contribution in [3.8, 4) is 5.75 Å². The molecule has 1 saturated heterocycles. The van der Waals surface area contributed by atoms with Crippen molar-refractivity contribution in [2.24, 2.45) is 5.92 Å². The first-order valence-corrected chi connectivity index (χ1v) is 10.7. The fourth-order valence-electron chi connectivity index (χ4n) is 3.67. The molecular weight excluding hydrogens is 379 g/mol. The lowest BCUT2D eigenvalue weighted by atomic mass is 9.86. The van der Waals surface area contributed by atoms with Gasteiger partial charge in [0.05, 0.1) is 13.2 Å². The number of nitrogens with one attached hydrogen (secondary N) is 1. The average Bonchev–Trinajstić information content (AvgIpc) is 3.07. The van der Waals surface area contributed by atoms with E-state index in [2.05, 4.69) is 20.4 Å². The Morgan fingerprint density at radius 3 is 2.89 bits per heavy atom. The number of hydrogen-bond acceptors (Lipinski definition) is 6. The minimum Gasteiger partial charge on any atom is -0.490 e. The third kappa shape index (κ3) is 4.86. The first-order valence-electron chi connectivity index (χ1n) is 9.90. The number of nitrogens with zero attached hydrogens (tertiary/aromatic N) is 3. The molecule has 2 aliphatic rings. The molecule has 1 aromatic heterocycles. The average molecular weight is 405 g/mol. The van der Waals surface area contributed by atoms with Gasteiger partial charge in [-0.15, -0.1) is 10.2 Å². The minimum atomic E-state index is -0.340. The number of piperidine rings is 1. The lowest BCUT2D eigenvalue weighted by Gasteiger charge is -2.32. The van der Waals surface area contributed by atoms with Gasteiger partial charge in [0.1, 0.15) is 5.01 Å². The largest absolute Gasteiger partial charge is 0.490 e. The van der Waals surface area contributed by atoms with E-state index in [9.17, 15) is 9.18 Å². The number of halogens is 1. The van der Waals surface area contributed by atoms with Crippen molar-refractivity contribution < 1.29 is 13.9 Å². The zero-order chi connectivity index (χ0) is 19.3. The van der Waals surface area contributed by atoms with Crippen LogP contribution in [0.3, 0.4) is 0 Å². The van der Waals surface area contributed by atoms with Gasteiger partial charge in [0, 0.05) is 18.4 Å². The standard InChI is InChI=1S/C20H25FN4O2S/c21-16-8-1-2-9-17(16)27-13-14-5-4-10-25(11-14)12-18(26)22-20-24-23-19(28-20)15-6-3-7-15/h1-2,8-9,14-15H,3-7,10-13H2,(H,22,24,26)/t14-/m0/s1. The van der Waals surface area contributed by atoms with E-state index in [0.717, 1.165) is 30.9 Å². The number of carbonyl (C=O) groups is 1. The second-order valence-corrected chi connectivity index (χ2v) is 8.62. The van der Waals surface area contributed by atoms with Crippen molar-refractivity contribution in [3.05, 3.63) is 35.1 Å². The Hall–Kier alpha value is -2.06. The summed E-state index contributed by atoms with van der Waals surface area (Å²) in [5, 5.41) is 12.8. The molecular formula is C20H25FN4O2S. The molecule has 0 spiro atoms. The Morgan fingerprint density at radius 1 is 1.25 bits per heavy atom. The van der Waals surface area contributed by atoms with E-state index in [1.807, 2.05) is 0 Å². The van der Waals surface area contributed by atoms with Crippen molar-refractivity contribution in [1.29, 1.82) is 0 Å². The highest BCUT2D eigenvalue weighted by atomic mass is 32.1. The predicted molar refractivity (Wildman–Crippen MR) is 106 cm³/mol. The third-order valence-electron chi connectivity index (χ3n) is 5.42. The zero-order valence-corrected chi connectivity index (χ0v) is 16.6. The highest BCUT2D eigenvalue weighted by molar-refractivity contribution is 7.15. The maximum atomic E-state index is 13.7. The Bertz CT molecular complexity index is 811. The zero-order valence-electron chi connectivity index (χ0n) is 15.8. The number of ether oxygens (including phenoxy) is 1. The van der Waals surface area contributed by atoms with Gasteiger partial charge < -0.3 is 4.74 Å². The molecule has 1 saturated carbocycles. The van der Waals surface area contributed by atoms with Crippen LogP contribution in [0.1, 0.15) is 43.0 Å². The molecule has 1 aliphatic heterocycles. The second-order valence-electron chi connectivity index (χ2n) is 7.61. The highest BCUT2D eigenvalue weighted by Gasteiger charge is 2.25. The predicted octanol–water partition coefficient (Wildman–Crippen LogP) is 3.67. The summed E-state index contributed by atoms with van der Waals surface area (Å²) in [4.78, 5) is 14.5. The summed E-state index contributed by atoms with van der Waals surface area (Å²) in [6, 6.07) is 6.45. The van der Waals surface area contributed by atoms with E-state index >= 15 is 0 Å². The first kappa shape index (κ1) is 19.3. The van der Waals surface area contributed by atoms with Gasteiger partial charge in [0.2, 0.25) is 11.0 Å². The van der Waals surface area contributed by atoms with Crippen molar-refractivity contribution in [2.45, 2.75) is 38.0 Å². The van der Waals surface area contributed by atoms with Crippen LogP contribution in [0, 0.1) is 11.7 Å². The number of carbonyl (C=O) groups excluding carboxylic acids is 1. The van der Waals surface area contributed by atoms with Crippen LogP contribution >= 0.6 is 11.3 Å². The first-order chi connectivity index (χ1) is 13.7. The monoisotopic (exact) mass is 404 g/mol. The van der Waals surface area contributed by atoms with Gasteiger partial charge in [0.25, 0.3) is 0 Å². The number of hydrogen-bond donors (Lipinski definition) is 1. The number of aromatic nitrogens is 2. The van der Waals surface area contributed by atoms with Gasteiger partial charge in [-0.25, -0.2) is 4.39 Å². The van der Waals surface area contributed by atoms with Crippen LogP contribution in [0.2, 0.25) is 0 Å². The molecule has 1 aromatic carbocycles. The number of amides is 1. The fourth-order valence-corrected chi connectivity index (χ4v) is 4.60. The summed E-state index contributed by atoms with van der Waals surface area (Å²) in [5.41, 5.74) is 0. The highest BCUT2D eigenvalue weighted by Crippen LogP contribution is 2.38. The maximum absolute atomic E-state index is 13.7. The van der Waals surface area contributed by atoms with Crippen LogP contribution in [0.25, 0.3) is 0 Å². The number of benzene rings is 1. The topological polar surface area (TPSA) is 67.3 Å².